The van der Waals surface area contributed by atoms with Crippen LogP contribution in [-0.2, 0) is 36.1 Å². The number of methoxy groups -OCH3 is 1. The number of benzene rings is 3. The highest BCUT2D eigenvalue weighted by Gasteiger charge is 2.39. The van der Waals surface area contributed by atoms with Gasteiger partial charge in [0.1, 0.15) is 22.8 Å². The van der Waals surface area contributed by atoms with Crippen molar-refractivity contribution in [2.75, 3.05) is 20.3 Å². The van der Waals surface area contributed by atoms with E-state index in [4.69, 9.17) is 21.1 Å². The van der Waals surface area contributed by atoms with E-state index in [2.05, 4.69) is 10.0 Å². The fourth-order valence-electron chi connectivity index (χ4n) is 4.51. The summed E-state index contributed by atoms with van der Waals surface area (Å²) in [6.45, 7) is 0.694. The predicted octanol–water partition coefficient (Wildman–Crippen LogP) is 3.10. The van der Waals surface area contributed by atoms with E-state index in [-0.39, 0.29) is 34.9 Å². The van der Waals surface area contributed by atoms with Crippen molar-refractivity contribution in [1.29, 1.82) is 0 Å². The SMILES string of the molecule is COc1cccc(OCCCCNC(=O)C(Cc2ccc(C3CC(=O)NS3(=O)=O)c(Cl)c2)NS(=O)(=O)c2ccccc2)c1. The second kappa shape index (κ2) is 14.2. The molecule has 0 saturated carbocycles. The van der Waals surface area contributed by atoms with Crippen molar-refractivity contribution in [1.82, 2.24) is 14.8 Å². The van der Waals surface area contributed by atoms with Gasteiger partial charge >= 0.3 is 0 Å². The molecular formula is C29H32ClN3O8S2. The number of ether oxygens (including phenoxy) is 2. The standard InChI is InChI=1S/C29H32ClN3O8S2/c1-40-21-8-7-9-22(18-21)41-15-6-5-14-31-29(35)26(32-42(36,37)23-10-3-2-4-11-23)17-20-12-13-24(25(30)16-20)27-19-28(34)33-43(27,38)39/h2-4,7-13,16,18,26-27,32H,5-6,14-15,17,19H2,1H3,(H,31,35)(H,33,34). The van der Waals surface area contributed by atoms with Crippen molar-refractivity contribution in [2.45, 2.75) is 41.9 Å². The Morgan fingerprint density at radius 2 is 1.79 bits per heavy atom. The van der Waals surface area contributed by atoms with Crippen molar-refractivity contribution >= 4 is 43.5 Å². The van der Waals surface area contributed by atoms with Crippen LogP contribution < -0.4 is 24.2 Å². The van der Waals surface area contributed by atoms with Crippen LogP contribution in [0.4, 0.5) is 0 Å². The first-order valence-electron chi connectivity index (χ1n) is 13.4. The van der Waals surface area contributed by atoms with Crippen LogP contribution in [0.2, 0.25) is 5.02 Å². The lowest BCUT2D eigenvalue weighted by molar-refractivity contribution is -0.122. The normalized spacial score (nSPS) is 16.7. The zero-order chi connectivity index (χ0) is 31.0. The molecule has 0 radical (unpaired) electrons. The van der Waals surface area contributed by atoms with Gasteiger partial charge in [-0.25, -0.2) is 16.8 Å². The number of carbonyl (C=O) groups excluding carboxylic acids is 2. The van der Waals surface area contributed by atoms with Crippen LogP contribution in [0.1, 0.15) is 35.6 Å². The van der Waals surface area contributed by atoms with Crippen molar-refractivity contribution in [3.05, 3.63) is 88.9 Å². The van der Waals surface area contributed by atoms with Gasteiger partial charge in [0.15, 0.2) is 0 Å². The van der Waals surface area contributed by atoms with Crippen LogP contribution in [0.25, 0.3) is 0 Å². The number of sulfonamides is 2. The van der Waals surface area contributed by atoms with Gasteiger partial charge in [-0.05, 0) is 60.7 Å². The Kier molecular flexibility index (Phi) is 10.7. The van der Waals surface area contributed by atoms with E-state index in [1.165, 1.54) is 24.3 Å². The second-order valence-electron chi connectivity index (χ2n) is 9.84. The molecule has 1 saturated heterocycles. The third-order valence-electron chi connectivity index (χ3n) is 6.70. The molecule has 2 unspecified atom stereocenters. The first kappa shape index (κ1) is 32.3. The monoisotopic (exact) mass is 649 g/mol. The van der Waals surface area contributed by atoms with Crippen molar-refractivity contribution in [3.63, 3.8) is 0 Å². The first-order chi connectivity index (χ1) is 20.5. The molecule has 3 aromatic carbocycles. The second-order valence-corrected chi connectivity index (χ2v) is 13.8. The summed E-state index contributed by atoms with van der Waals surface area (Å²) in [6.07, 6.45) is 0.896. The maximum absolute atomic E-state index is 13.2. The maximum Gasteiger partial charge on any atom is 0.242 e. The minimum Gasteiger partial charge on any atom is -0.497 e. The van der Waals surface area contributed by atoms with Gasteiger partial charge < -0.3 is 14.8 Å². The molecule has 43 heavy (non-hydrogen) atoms. The van der Waals surface area contributed by atoms with Crippen LogP contribution >= 0.6 is 11.6 Å². The molecule has 2 amide bonds. The Hall–Kier alpha value is -3.65. The summed E-state index contributed by atoms with van der Waals surface area (Å²) in [6, 6.07) is 18.2. The Balaban J connectivity index is 1.41. The Morgan fingerprint density at radius 3 is 2.47 bits per heavy atom. The molecule has 11 nitrogen and oxygen atoms in total. The molecule has 3 aromatic rings. The molecule has 0 aromatic heterocycles. The van der Waals surface area contributed by atoms with Gasteiger partial charge in [-0.3, -0.25) is 14.3 Å². The summed E-state index contributed by atoms with van der Waals surface area (Å²) >= 11 is 6.41. The lowest BCUT2D eigenvalue weighted by Gasteiger charge is -2.20. The first-order valence-corrected chi connectivity index (χ1v) is 16.8. The van der Waals surface area contributed by atoms with Crippen LogP contribution in [0.3, 0.4) is 0 Å². The number of hydrogen-bond acceptors (Lipinski definition) is 8. The molecular weight excluding hydrogens is 618 g/mol. The van der Waals surface area contributed by atoms with Crippen LogP contribution in [0.5, 0.6) is 11.5 Å². The summed E-state index contributed by atoms with van der Waals surface area (Å²) in [5, 5.41) is 1.73. The van der Waals surface area contributed by atoms with Gasteiger partial charge in [-0.15, -0.1) is 0 Å². The fraction of sp³-hybridized carbons (Fsp3) is 0.310. The molecule has 0 spiro atoms. The number of rotatable bonds is 14. The molecule has 230 valence electrons. The van der Waals surface area contributed by atoms with E-state index in [1.807, 2.05) is 22.9 Å². The third-order valence-corrected chi connectivity index (χ3v) is 10.2. The van der Waals surface area contributed by atoms with Gasteiger partial charge in [-0.2, -0.15) is 4.72 Å². The summed E-state index contributed by atoms with van der Waals surface area (Å²) in [5.74, 6) is 0.183. The fourth-order valence-corrected chi connectivity index (χ4v) is 7.58. The predicted molar refractivity (Wildman–Crippen MR) is 161 cm³/mol. The molecule has 0 bridgehead atoms. The smallest absolute Gasteiger partial charge is 0.242 e. The van der Waals surface area contributed by atoms with Crippen molar-refractivity contribution in [3.8, 4) is 11.5 Å². The average molecular weight is 650 g/mol. The molecule has 3 N–H and O–H groups in total. The highest BCUT2D eigenvalue weighted by molar-refractivity contribution is 7.90. The number of unbranched alkanes of at least 4 members (excludes halogenated alkanes) is 1. The lowest BCUT2D eigenvalue weighted by atomic mass is 10.0. The van der Waals surface area contributed by atoms with Gasteiger partial charge in [0.2, 0.25) is 31.9 Å². The Morgan fingerprint density at radius 1 is 1.05 bits per heavy atom. The van der Waals surface area contributed by atoms with Crippen LogP contribution in [0.15, 0.2) is 77.7 Å². The van der Waals surface area contributed by atoms with E-state index in [9.17, 15) is 26.4 Å². The molecule has 14 heteroatoms. The highest BCUT2D eigenvalue weighted by Crippen LogP contribution is 2.35. The molecule has 2 atom stereocenters. The Labute approximate surface area is 256 Å². The summed E-state index contributed by atoms with van der Waals surface area (Å²) in [7, 11) is -6.39. The number of carbonyl (C=O) groups is 2. The number of halogens is 1. The van der Waals surface area contributed by atoms with Crippen molar-refractivity contribution < 1.29 is 35.9 Å². The number of amides is 2. The van der Waals surface area contributed by atoms with E-state index < -0.39 is 43.2 Å². The largest absolute Gasteiger partial charge is 0.497 e. The zero-order valence-corrected chi connectivity index (χ0v) is 25.7. The van der Waals surface area contributed by atoms with E-state index in [0.717, 1.165) is 0 Å². The van der Waals surface area contributed by atoms with Crippen LogP contribution in [0, 0.1) is 0 Å². The summed E-state index contributed by atoms with van der Waals surface area (Å²) < 4.78 is 66.1. The molecule has 1 aliphatic rings. The molecule has 1 heterocycles. The van der Waals surface area contributed by atoms with Gasteiger partial charge in [-0.1, -0.05) is 48.0 Å². The molecule has 0 aliphatic carbocycles. The maximum atomic E-state index is 13.2. The van der Waals surface area contributed by atoms with Crippen molar-refractivity contribution in [2.24, 2.45) is 0 Å². The lowest BCUT2D eigenvalue weighted by Crippen LogP contribution is -2.48. The summed E-state index contributed by atoms with van der Waals surface area (Å²) in [4.78, 5) is 24.9. The minimum absolute atomic E-state index is 0.000483. The highest BCUT2D eigenvalue weighted by atomic mass is 35.5. The van der Waals surface area contributed by atoms with Crippen LogP contribution in [-0.4, -0.2) is 55.0 Å². The quantitative estimate of drug-likeness (QED) is 0.225. The van der Waals surface area contributed by atoms with E-state index in [1.54, 1.807) is 37.4 Å². The van der Waals surface area contributed by atoms with Gasteiger partial charge in [0.05, 0.1) is 25.0 Å². The van der Waals surface area contributed by atoms with Gasteiger partial charge in [0, 0.05) is 17.6 Å². The molecule has 4 rings (SSSR count). The number of nitrogens with one attached hydrogen (secondary N) is 3. The molecule has 1 fully saturated rings. The average Bonchev–Trinajstić information content (AvgIpc) is 3.26. The zero-order valence-electron chi connectivity index (χ0n) is 23.3. The third kappa shape index (κ3) is 8.69. The molecule has 1 aliphatic heterocycles. The van der Waals surface area contributed by atoms with E-state index >= 15 is 0 Å². The number of hydrogen-bond donors (Lipinski definition) is 3. The minimum atomic E-state index is -4.05. The van der Waals surface area contributed by atoms with Gasteiger partial charge in [0.25, 0.3) is 0 Å². The Bertz CT molecular complexity index is 1670. The topological polar surface area (TPSA) is 157 Å². The summed E-state index contributed by atoms with van der Waals surface area (Å²) in [5.41, 5.74) is 0.733. The van der Waals surface area contributed by atoms with E-state index in [0.29, 0.717) is 36.5 Å².